The molecule has 6 heteroatoms. The number of nitrogen functional groups attached to an aromatic ring is 1. The molecular formula is C9H7N3O2S. The number of aromatic nitrogens is 2. The molecular weight excluding hydrogens is 214 g/mol. The lowest BCUT2D eigenvalue weighted by Crippen LogP contribution is -2.09. The Bertz CT molecular complexity index is 469. The first kappa shape index (κ1) is 9.60. The number of hydrogen-bond donors (Lipinski definition) is 1. The van der Waals surface area contributed by atoms with Crippen LogP contribution in [0, 0.1) is 0 Å². The van der Waals surface area contributed by atoms with E-state index in [0.29, 0.717) is 10.6 Å². The van der Waals surface area contributed by atoms with Gasteiger partial charge in [-0.1, -0.05) is 0 Å². The van der Waals surface area contributed by atoms with Crippen LogP contribution in [0.2, 0.25) is 0 Å². The lowest BCUT2D eigenvalue weighted by molar-refractivity contribution is 0.0740. The second-order valence-electron chi connectivity index (χ2n) is 2.64. The zero-order valence-electron chi connectivity index (χ0n) is 7.58. The maximum absolute atomic E-state index is 11.5. The van der Waals surface area contributed by atoms with Crippen LogP contribution in [0.4, 0.5) is 5.82 Å². The number of anilines is 1. The Kier molecular flexibility index (Phi) is 2.59. The Balaban J connectivity index is 2.15. The highest BCUT2D eigenvalue weighted by atomic mass is 32.1. The maximum Gasteiger partial charge on any atom is 0.357 e. The number of ether oxygens (including phenoxy) is 1. The monoisotopic (exact) mass is 221 g/mol. The molecule has 2 rings (SSSR count). The van der Waals surface area contributed by atoms with Gasteiger partial charge in [-0.2, -0.15) is 0 Å². The lowest BCUT2D eigenvalue weighted by atomic mass is 10.4. The molecule has 0 atom stereocenters. The number of carbonyl (C=O) groups is 1. The summed E-state index contributed by atoms with van der Waals surface area (Å²) in [7, 11) is 0. The van der Waals surface area contributed by atoms with Gasteiger partial charge in [0, 0.05) is 6.20 Å². The van der Waals surface area contributed by atoms with E-state index in [0.717, 1.165) is 11.3 Å². The minimum atomic E-state index is -0.511. The standard InChI is InChI=1S/C9H7N3O2S/c10-8-7(15-5-12-8)9(13)14-6-2-1-3-11-4-6/h1-5H,10H2. The van der Waals surface area contributed by atoms with Crippen LogP contribution in [0.25, 0.3) is 0 Å². The van der Waals surface area contributed by atoms with E-state index in [2.05, 4.69) is 9.97 Å². The van der Waals surface area contributed by atoms with Crippen LogP contribution in [-0.4, -0.2) is 15.9 Å². The molecule has 0 saturated carbocycles. The lowest BCUT2D eigenvalue weighted by Gasteiger charge is -2.01. The zero-order valence-corrected chi connectivity index (χ0v) is 8.40. The van der Waals surface area contributed by atoms with E-state index in [1.54, 1.807) is 18.3 Å². The molecule has 0 spiro atoms. The maximum atomic E-state index is 11.5. The third-order valence-corrected chi connectivity index (χ3v) is 2.45. The van der Waals surface area contributed by atoms with Crippen LogP contribution in [-0.2, 0) is 0 Å². The van der Waals surface area contributed by atoms with Gasteiger partial charge < -0.3 is 10.5 Å². The Hall–Kier alpha value is -1.95. The van der Waals surface area contributed by atoms with Crippen LogP contribution >= 0.6 is 11.3 Å². The van der Waals surface area contributed by atoms with Gasteiger partial charge in [0.2, 0.25) is 0 Å². The molecule has 0 unspecified atom stereocenters. The fourth-order valence-corrected chi connectivity index (χ4v) is 1.55. The summed E-state index contributed by atoms with van der Waals surface area (Å²) in [6.45, 7) is 0. The minimum absolute atomic E-state index is 0.189. The van der Waals surface area contributed by atoms with E-state index < -0.39 is 5.97 Å². The highest BCUT2D eigenvalue weighted by Gasteiger charge is 2.14. The van der Waals surface area contributed by atoms with E-state index in [-0.39, 0.29) is 5.82 Å². The Morgan fingerprint density at radius 3 is 3.00 bits per heavy atom. The Labute approximate surface area is 89.5 Å². The van der Waals surface area contributed by atoms with E-state index in [1.807, 2.05) is 0 Å². The van der Waals surface area contributed by atoms with Crippen molar-refractivity contribution in [1.82, 2.24) is 9.97 Å². The zero-order chi connectivity index (χ0) is 10.7. The number of nitrogens with zero attached hydrogens (tertiary/aromatic N) is 2. The quantitative estimate of drug-likeness (QED) is 0.774. The van der Waals surface area contributed by atoms with Gasteiger partial charge in [0.05, 0.1) is 11.7 Å². The van der Waals surface area contributed by atoms with Crippen LogP contribution < -0.4 is 10.5 Å². The van der Waals surface area contributed by atoms with Crippen molar-refractivity contribution in [2.24, 2.45) is 0 Å². The van der Waals surface area contributed by atoms with Crippen molar-refractivity contribution in [1.29, 1.82) is 0 Å². The second kappa shape index (κ2) is 4.05. The number of nitrogens with two attached hydrogens (primary N) is 1. The van der Waals surface area contributed by atoms with Gasteiger partial charge in [-0.25, -0.2) is 9.78 Å². The largest absolute Gasteiger partial charge is 0.421 e. The molecule has 0 amide bonds. The summed E-state index contributed by atoms with van der Waals surface area (Å²) < 4.78 is 5.03. The Morgan fingerprint density at radius 1 is 1.53 bits per heavy atom. The van der Waals surface area contributed by atoms with Crippen molar-refractivity contribution in [2.75, 3.05) is 5.73 Å². The number of carbonyl (C=O) groups excluding carboxylic acids is 1. The van der Waals surface area contributed by atoms with Crippen molar-refractivity contribution in [3.63, 3.8) is 0 Å². The molecule has 0 aromatic carbocycles. The van der Waals surface area contributed by atoms with Crippen LogP contribution in [0.5, 0.6) is 5.75 Å². The summed E-state index contributed by atoms with van der Waals surface area (Å²) in [4.78, 5) is 19.4. The topological polar surface area (TPSA) is 78.1 Å². The number of thiazole rings is 1. The molecule has 2 aromatic rings. The molecule has 0 fully saturated rings. The van der Waals surface area contributed by atoms with E-state index in [9.17, 15) is 4.79 Å². The molecule has 0 aliphatic heterocycles. The molecule has 2 aromatic heterocycles. The Morgan fingerprint density at radius 2 is 2.40 bits per heavy atom. The average molecular weight is 221 g/mol. The van der Waals surface area contributed by atoms with Gasteiger partial charge in [-0.3, -0.25) is 4.98 Å². The van der Waals surface area contributed by atoms with Crippen molar-refractivity contribution in [2.45, 2.75) is 0 Å². The van der Waals surface area contributed by atoms with E-state index >= 15 is 0 Å². The third-order valence-electron chi connectivity index (χ3n) is 1.63. The summed E-state index contributed by atoms with van der Waals surface area (Å²) in [5.41, 5.74) is 6.97. The molecule has 0 radical (unpaired) electrons. The van der Waals surface area contributed by atoms with Gasteiger partial charge in [0.1, 0.15) is 11.6 Å². The van der Waals surface area contributed by atoms with E-state index in [1.165, 1.54) is 11.7 Å². The molecule has 2 heterocycles. The van der Waals surface area contributed by atoms with Crippen molar-refractivity contribution in [3.05, 3.63) is 34.9 Å². The predicted molar refractivity (Wildman–Crippen MR) is 55.7 cm³/mol. The summed E-state index contributed by atoms with van der Waals surface area (Å²) >= 11 is 1.15. The first-order chi connectivity index (χ1) is 7.27. The van der Waals surface area contributed by atoms with Gasteiger partial charge in [-0.05, 0) is 12.1 Å². The first-order valence-corrected chi connectivity index (χ1v) is 4.96. The van der Waals surface area contributed by atoms with Gasteiger partial charge in [0.25, 0.3) is 0 Å². The summed E-state index contributed by atoms with van der Waals surface area (Å²) in [6, 6.07) is 3.32. The van der Waals surface area contributed by atoms with E-state index in [4.69, 9.17) is 10.5 Å². The molecule has 76 valence electrons. The normalized spacial score (nSPS) is 9.87. The number of pyridine rings is 1. The number of hydrogen-bond acceptors (Lipinski definition) is 6. The fourth-order valence-electron chi connectivity index (χ4n) is 0.968. The summed E-state index contributed by atoms with van der Waals surface area (Å²) in [5, 5.41) is 0. The summed E-state index contributed by atoms with van der Waals surface area (Å²) in [5.74, 6) is 0.0622. The number of esters is 1. The number of rotatable bonds is 2. The van der Waals surface area contributed by atoms with Gasteiger partial charge in [0.15, 0.2) is 4.88 Å². The van der Waals surface area contributed by atoms with Gasteiger partial charge >= 0.3 is 5.97 Å². The second-order valence-corrected chi connectivity index (χ2v) is 3.50. The van der Waals surface area contributed by atoms with Crippen molar-refractivity contribution >= 4 is 23.1 Å². The molecule has 0 aliphatic carbocycles. The predicted octanol–water partition coefficient (Wildman–Crippen LogP) is 1.34. The van der Waals surface area contributed by atoms with Gasteiger partial charge in [-0.15, -0.1) is 11.3 Å². The van der Waals surface area contributed by atoms with Crippen LogP contribution in [0.15, 0.2) is 30.0 Å². The molecule has 0 bridgehead atoms. The minimum Gasteiger partial charge on any atom is -0.421 e. The molecule has 5 nitrogen and oxygen atoms in total. The highest BCUT2D eigenvalue weighted by Crippen LogP contribution is 2.18. The third kappa shape index (κ3) is 2.10. The molecule has 15 heavy (non-hydrogen) atoms. The van der Waals surface area contributed by atoms with Crippen molar-refractivity contribution < 1.29 is 9.53 Å². The first-order valence-electron chi connectivity index (χ1n) is 4.08. The van der Waals surface area contributed by atoms with Crippen LogP contribution in [0.1, 0.15) is 9.67 Å². The average Bonchev–Trinajstić information content (AvgIpc) is 2.66. The molecule has 2 N–H and O–H groups in total. The molecule has 0 saturated heterocycles. The molecule has 0 aliphatic rings. The summed E-state index contributed by atoms with van der Waals surface area (Å²) in [6.07, 6.45) is 3.05. The van der Waals surface area contributed by atoms with Crippen LogP contribution in [0.3, 0.4) is 0 Å². The highest BCUT2D eigenvalue weighted by molar-refractivity contribution is 7.12. The SMILES string of the molecule is Nc1ncsc1C(=O)Oc1cccnc1. The smallest absolute Gasteiger partial charge is 0.357 e. The fraction of sp³-hybridized carbons (Fsp3) is 0. The van der Waals surface area contributed by atoms with Crippen molar-refractivity contribution in [3.8, 4) is 5.75 Å².